The van der Waals surface area contributed by atoms with E-state index in [2.05, 4.69) is 20.4 Å². The highest BCUT2D eigenvalue weighted by Gasteiger charge is 2.18. The lowest BCUT2D eigenvalue weighted by molar-refractivity contribution is -0.121. The Labute approximate surface area is 122 Å². The number of carbonyl (C=O) groups excluding carboxylic acids is 1. The normalized spacial score (nSPS) is 12.4. The summed E-state index contributed by atoms with van der Waals surface area (Å²) in [6, 6.07) is -0.107. The number of carbonyl (C=O) groups is 1. The highest BCUT2D eigenvalue weighted by atomic mass is 32.1. The lowest BCUT2D eigenvalue weighted by atomic mass is 10.2. The highest BCUT2D eigenvalue weighted by molar-refractivity contribution is 7.11. The van der Waals surface area contributed by atoms with Crippen molar-refractivity contribution >= 4 is 17.2 Å². The third kappa shape index (κ3) is 3.22. The molecule has 0 saturated heterocycles. The van der Waals surface area contributed by atoms with Gasteiger partial charge in [-0.3, -0.25) is 9.48 Å². The first kappa shape index (κ1) is 14.6. The summed E-state index contributed by atoms with van der Waals surface area (Å²) in [7, 11) is 1.83. The molecular formula is C13H19N5OS. The summed E-state index contributed by atoms with van der Waals surface area (Å²) in [6.45, 7) is 5.90. The summed E-state index contributed by atoms with van der Waals surface area (Å²) in [5, 5.41) is 8.04. The van der Waals surface area contributed by atoms with Crippen LogP contribution in [0.15, 0.2) is 6.33 Å². The van der Waals surface area contributed by atoms with Gasteiger partial charge in [-0.05, 0) is 20.3 Å². The summed E-state index contributed by atoms with van der Waals surface area (Å²) < 4.78 is 1.69. The predicted octanol–water partition coefficient (Wildman–Crippen LogP) is 1.70. The molecule has 0 saturated carbocycles. The SMILES string of the molecule is CC[C@H](NC(=O)Cc1sc(C)nc1C)c1ncnn1C. The predicted molar refractivity (Wildman–Crippen MR) is 77.5 cm³/mol. The molecular weight excluding hydrogens is 274 g/mol. The number of thiazole rings is 1. The average molecular weight is 293 g/mol. The molecule has 2 aromatic rings. The van der Waals surface area contributed by atoms with Crippen LogP contribution in [0.1, 0.15) is 40.8 Å². The van der Waals surface area contributed by atoms with Crippen molar-refractivity contribution in [1.82, 2.24) is 25.1 Å². The smallest absolute Gasteiger partial charge is 0.225 e. The largest absolute Gasteiger partial charge is 0.346 e. The van der Waals surface area contributed by atoms with E-state index in [-0.39, 0.29) is 11.9 Å². The maximum absolute atomic E-state index is 12.2. The first-order chi connectivity index (χ1) is 9.51. The van der Waals surface area contributed by atoms with E-state index in [1.807, 2.05) is 27.8 Å². The second-order valence-electron chi connectivity index (χ2n) is 4.69. The first-order valence-corrected chi connectivity index (χ1v) is 7.39. The van der Waals surface area contributed by atoms with Gasteiger partial charge in [0.25, 0.3) is 0 Å². The van der Waals surface area contributed by atoms with Crippen LogP contribution in [0.5, 0.6) is 0 Å². The molecule has 0 unspecified atom stereocenters. The molecule has 0 aliphatic carbocycles. The Morgan fingerprint density at radius 2 is 2.25 bits per heavy atom. The lowest BCUT2D eigenvalue weighted by Crippen LogP contribution is -2.31. The Morgan fingerprint density at radius 3 is 2.75 bits per heavy atom. The summed E-state index contributed by atoms with van der Waals surface area (Å²) in [5.74, 6) is 0.768. The Kier molecular flexibility index (Phi) is 4.49. The van der Waals surface area contributed by atoms with Gasteiger partial charge >= 0.3 is 0 Å². The fraction of sp³-hybridized carbons (Fsp3) is 0.538. The molecule has 2 rings (SSSR count). The molecule has 1 atom stereocenters. The average Bonchev–Trinajstić information content (AvgIpc) is 2.93. The van der Waals surface area contributed by atoms with E-state index < -0.39 is 0 Å². The van der Waals surface area contributed by atoms with Crippen molar-refractivity contribution in [2.24, 2.45) is 7.05 Å². The highest BCUT2D eigenvalue weighted by Crippen LogP contribution is 2.18. The second kappa shape index (κ2) is 6.13. The standard InChI is InChI=1S/C13H19N5OS/c1-5-10(13-14-7-15-18(13)4)17-12(19)6-11-8(2)16-9(3)20-11/h7,10H,5-6H2,1-4H3,(H,17,19)/t10-/m0/s1. The number of aromatic nitrogens is 4. The topological polar surface area (TPSA) is 72.7 Å². The molecule has 0 fully saturated rings. The molecule has 20 heavy (non-hydrogen) atoms. The van der Waals surface area contributed by atoms with E-state index in [9.17, 15) is 4.79 Å². The number of rotatable bonds is 5. The molecule has 7 heteroatoms. The number of hydrogen-bond donors (Lipinski definition) is 1. The monoisotopic (exact) mass is 293 g/mol. The quantitative estimate of drug-likeness (QED) is 0.910. The minimum Gasteiger partial charge on any atom is -0.346 e. The Morgan fingerprint density at radius 1 is 1.50 bits per heavy atom. The van der Waals surface area contributed by atoms with E-state index in [4.69, 9.17) is 0 Å². The van der Waals surface area contributed by atoms with Crippen LogP contribution in [0.3, 0.4) is 0 Å². The molecule has 0 radical (unpaired) electrons. The molecule has 0 aliphatic heterocycles. The minimum atomic E-state index is -0.107. The van der Waals surface area contributed by atoms with Crippen molar-refractivity contribution < 1.29 is 4.79 Å². The van der Waals surface area contributed by atoms with Gasteiger partial charge in [-0.15, -0.1) is 11.3 Å². The van der Waals surface area contributed by atoms with Crippen molar-refractivity contribution in [3.8, 4) is 0 Å². The van der Waals surface area contributed by atoms with Crippen LogP contribution in [-0.2, 0) is 18.3 Å². The zero-order chi connectivity index (χ0) is 14.7. The lowest BCUT2D eigenvalue weighted by Gasteiger charge is -2.15. The number of amides is 1. The fourth-order valence-electron chi connectivity index (χ4n) is 2.10. The Bertz CT molecular complexity index is 604. The first-order valence-electron chi connectivity index (χ1n) is 6.57. The van der Waals surface area contributed by atoms with Crippen LogP contribution in [0.25, 0.3) is 0 Å². The van der Waals surface area contributed by atoms with Gasteiger partial charge in [-0.1, -0.05) is 6.92 Å². The summed E-state index contributed by atoms with van der Waals surface area (Å²) in [5.41, 5.74) is 0.939. The summed E-state index contributed by atoms with van der Waals surface area (Å²) >= 11 is 1.57. The summed E-state index contributed by atoms with van der Waals surface area (Å²) in [4.78, 5) is 21.7. The maximum Gasteiger partial charge on any atom is 0.225 e. The van der Waals surface area contributed by atoms with Gasteiger partial charge in [0.2, 0.25) is 5.91 Å². The second-order valence-corrected chi connectivity index (χ2v) is 5.98. The van der Waals surface area contributed by atoms with Gasteiger partial charge in [-0.2, -0.15) is 5.10 Å². The molecule has 0 bridgehead atoms. The number of nitrogens with zero attached hydrogens (tertiary/aromatic N) is 4. The van der Waals surface area contributed by atoms with Crippen molar-refractivity contribution in [2.45, 2.75) is 39.7 Å². The molecule has 108 valence electrons. The molecule has 6 nitrogen and oxygen atoms in total. The molecule has 0 aromatic carbocycles. The zero-order valence-corrected chi connectivity index (χ0v) is 13.0. The molecule has 0 aliphatic rings. The van der Waals surface area contributed by atoms with Crippen molar-refractivity contribution in [1.29, 1.82) is 0 Å². The molecule has 2 heterocycles. The van der Waals surface area contributed by atoms with Gasteiger partial charge in [0.15, 0.2) is 0 Å². The van der Waals surface area contributed by atoms with E-state index >= 15 is 0 Å². The van der Waals surface area contributed by atoms with Gasteiger partial charge < -0.3 is 5.32 Å². The maximum atomic E-state index is 12.2. The number of aryl methyl sites for hydroxylation is 3. The van der Waals surface area contributed by atoms with Crippen molar-refractivity contribution in [2.75, 3.05) is 0 Å². The van der Waals surface area contributed by atoms with Crippen LogP contribution >= 0.6 is 11.3 Å². The van der Waals surface area contributed by atoms with Crippen molar-refractivity contribution in [3.63, 3.8) is 0 Å². The summed E-state index contributed by atoms with van der Waals surface area (Å²) in [6.07, 6.45) is 2.64. The third-order valence-electron chi connectivity index (χ3n) is 3.12. The van der Waals surface area contributed by atoms with E-state index in [1.165, 1.54) is 6.33 Å². The van der Waals surface area contributed by atoms with Crippen LogP contribution in [0.4, 0.5) is 0 Å². The van der Waals surface area contributed by atoms with Crippen molar-refractivity contribution in [3.05, 3.63) is 27.7 Å². The zero-order valence-electron chi connectivity index (χ0n) is 12.2. The number of hydrogen-bond acceptors (Lipinski definition) is 5. The van der Waals surface area contributed by atoms with Crippen LogP contribution in [-0.4, -0.2) is 25.7 Å². The molecule has 2 aromatic heterocycles. The van der Waals surface area contributed by atoms with E-state index in [0.29, 0.717) is 6.42 Å². The number of nitrogens with one attached hydrogen (secondary N) is 1. The van der Waals surface area contributed by atoms with Gasteiger partial charge in [0, 0.05) is 11.9 Å². The third-order valence-corrected chi connectivity index (χ3v) is 4.20. The van der Waals surface area contributed by atoms with E-state index in [1.54, 1.807) is 16.0 Å². The molecule has 1 amide bonds. The molecule has 0 spiro atoms. The van der Waals surface area contributed by atoms with Crippen LogP contribution in [0, 0.1) is 13.8 Å². The van der Waals surface area contributed by atoms with Gasteiger partial charge in [-0.25, -0.2) is 9.97 Å². The van der Waals surface area contributed by atoms with Gasteiger partial charge in [0.05, 0.1) is 23.2 Å². The molecule has 1 N–H and O–H groups in total. The van der Waals surface area contributed by atoms with E-state index in [0.717, 1.165) is 27.8 Å². The van der Waals surface area contributed by atoms with Crippen LogP contribution < -0.4 is 5.32 Å². The van der Waals surface area contributed by atoms with Gasteiger partial charge in [0.1, 0.15) is 12.2 Å². The Balaban J connectivity index is 2.03. The minimum absolute atomic E-state index is 0.00778. The Hall–Kier alpha value is -1.76. The fourth-order valence-corrected chi connectivity index (χ4v) is 3.03. The van der Waals surface area contributed by atoms with Crippen LogP contribution in [0.2, 0.25) is 0 Å².